The largest absolute Gasteiger partial charge is 0.335 e. The lowest BCUT2D eigenvalue weighted by atomic mass is 10.0. The number of imidazole rings is 1. The standard InChI is InChI=1S/C16H19BrN4O/c1-9-3-12(17)4-13-14(9)19-15(18-13)16(22)21-7-10-5-20(2)6-11(10)8-21/h3-4,10-11H,5-8H2,1-2H3,(H,18,19)/t10-,11+. The highest BCUT2D eigenvalue weighted by Gasteiger charge is 2.41. The van der Waals surface area contributed by atoms with Crippen molar-refractivity contribution in [2.75, 3.05) is 33.2 Å². The summed E-state index contributed by atoms with van der Waals surface area (Å²) in [6.07, 6.45) is 0. The van der Waals surface area contributed by atoms with Crippen LogP contribution in [-0.2, 0) is 0 Å². The first-order valence-corrected chi connectivity index (χ1v) is 8.44. The normalized spacial score (nSPS) is 25.1. The van der Waals surface area contributed by atoms with E-state index < -0.39 is 0 Å². The second-order valence-electron chi connectivity index (χ2n) is 6.66. The van der Waals surface area contributed by atoms with Crippen molar-refractivity contribution in [3.8, 4) is 0 Å². The molecule has 2 fully saturated rings. The number of hydrogen-bond acceptors (Lipinski definition) is 3. The maximum absolute atomic E-state index is 12.7. The van der Waals surface area contributed by atoms with E-state index in [9.17, 15) is 4.79 Å². The molecule has 0 radical (unpaired) electrons. The van der Waals surface area contributed by atoms with Crippen molar-refractivity contribution in [2.45, 2.75) is 6.92 Å². The molecule has 2 aliphatic rings. The van der Waals surface area contributed by atoms with E-state index >= 15 is 0 Å². The molecule has 0 aliphatic carbocycles. The minimum absolute atomic E-state index is 0.0313. The van der Waals surface area contributed by atoms with Gasteiger partial charge in [-0.2, -0.15) is 0 Å². The maximum atomic E-state index is 12.7. The zero-order chi connectivity index (χ0) is 15.4. The zero-order valence-electron chi connectivity index (χ0n) is 12.8. The fourth-order valence-electron chi connectivity index (χ4n) is 3.89. The fraction of sp³-hybridized carbons (Fsp3) is 0.500. The average Bonchev–Trinajstić information content (AvgIpc) is 3.09. The van der Waals surface area contributed by atoms with Crippen LogP contribution in [0.25, 0.3) is 11.0 Å². The van der Waals surface area contributed by atoms with Crippen molar-refractivity contribution in [3.05, 3.63) is 28.0 Å². The minimum atomic E-state index is 0.0313. The van der Waals surface area contributed by atoms with Crippen molar-refractivity contribution in [2.24, 2.45) is 11.8 Å². The molecule has 22 heavy (non-hydrogen) atoms. The summed E-state index contributed by atoms with van der Waals surface area (Å²) in [4.78, 5) is 24.8. The Morgan fingerprint density at radius 3 is 2.64 bits per heavy atom. The molecule has 0 unspecified atom stereocenters. The van der Waals surface area contributed by atoms with Gasteiger partial charge in [-0.15, -0.1) is 0 Å². The van der Waals surface area contributed by atoms with Crippen LogP contribution in [0.5, 0.6) is 0 Å². The van der Waals surface area contributed by atoms with E-state index in [0.29, 0.717) is 17.7 Å². The Balaban J connectivity index is 1.60. The molecule has 4 rings (SSSR count). The number of aryl methyl sites for hydroxylation is 1. The highest BCUT2D eigenvalue weighted by Crippen LogP contribution is 2.31. The van der Waals surface area contributed by atoms with E-state index in [1.807, 2.05) is 24.0 Å². The Hall–Kier alpha value is -1.40. The Labute approximate surface area is 137 Å². The number of fused-ring (bicyclic) bond motifs is 2. The number of aromatic nitrogens is 2. The van der Waals surface area contributed by atoms with E-state index in [1.54, 1.807) is 0 Å². The molecule has 0 saturated carbocycles. The molecule has 1 aromatic heterocycles. The van der Waals surface area contributed by atoms with Crippen LogP contribution in [0.2, 0.25) is 0 Å². The van der Waals surface area contributed by atoms with Crippen molar-refractivity contribution >= 4 is 32.9 Å². The molecule has 1 amide bonds. The predicted molar refractivity (Wildman–Crippen MR) is 88.9 cm³/mol. The highest BCUT2D eigenvalue weighted by atomic mass is 79.9. The molecule has 1 aromatic carbocycles. The number of carbonyl (C=O) groups excluding carboxylic acids is 1. The number of hydrogen-bond donors (Lipinski definition) is 1. The minimum Gasteiger partial charge on any atom is -0.335 e. The molecule has 5 nitrogen and oxygen atoms in total. The smallest absolute Gasteiger partial charge is 0.289 e. The zero-order valence-corrected chi connectivity index (χ0v) is 14.4. The third kappa shape index (κ3) is 2.25. The number of halogens is 1. The first kappa shape index (κ1) is 14.2. The predicted octanol–water partition coefficient (Wildman–Crippen LogP) is 2.27. The van der Waals surface area contributed by atoms with Crippen LogP contribution < -0.4 is 0 Å². The molecule has 0 bridgehead atoms. The van der Waals surface area contributed by atoms with Crippen molar-refractivity contribution in [3.63, 3.8) is 0 Å². The molecule has 2 saturated heterocycles. The Bertz CT molecular complexity index is 742. The Kier molecular flexibility index (Phi) is 3.27. The van der Waals surface area contributed by atoms with Gasteiger partial charge in [0.25, 0.3) is 5.91 Å². The molecule has 6 heteroatoms. The lowest BCUT2D eigenvalue weighted by molar-refractivity contribution is 0.0765. The number of carbonyl (C=O) groups is 1. The molecule has 1 N–H and O–H groups in total. The van der Waals surface area contributed by atoms with Gasteiger partial charge >= 0.3 is 0 Å². The number of aromatic amines is 1. The van der Waals surface area contributed by atoms with Crippen molar-refractivity contribution < 1.29 is 4.79 Å². The number of likely N-dealkylation sites (tertiary alicyclic amines) is 2. The topological polar surface area (TPSA) is 52.2 Å². The van der Waals surface area contributed by atoms with Gasteiger partial charge in [-0.1, -0.05) is 15.9 Å². The Morgan fingerprint density at radius 2 is 1.95 bits per heavy atom. The van der Waals surface area contributed by atoms with E-state index in [2.05, 4.69) is 37.8 Å². The molecule has 2 atom stereocenters. The third-order valence-corrected chi connectivity index (χ3v) is 5.36. The Morgan fingerprint density at radius 1 is 1.27 bits per heavy atom. The van der Waals surface area contributed by atoms with Gasteiger partial charge in [0.05, 0.1) is 11.0 Å². The van der Waals surface area contributed by atoms with Gasteiger partial charge in [-0.3, -0.25) is 4.79 Å². The van der Waals surface area contributed by atoms with Gasteiger partial charge in [0.2, 0.25) is 0 Å². The van der Waals surface area contributed by atoms with Crippen LogP contribution in [0.1, 0.15) is 16.2 Å². The lowest BCUT2D eigenvalue weighted by Crippen LogP contribution is -2.32. The summed E-state index contributed by atoms with van der Waals surface area (Å²) in [5, 5.41) is 0. The summed E-state index contributed by atoms with van der Waals surface area (Å²) in [6, 6.07) is 3.99. The molecule has 2 aromatic rings. The molecule has 0 spiro atoms. The van der Waals surface area contributed by atoms with Crippen LogP contribution >= 0.6 is 15.9 Å². The van der Waals surface area contributed by atoms with Gasteiger partial charge in [-0.25, -0.2) is 4.98 Å². The maximum Gasteiger partial charge on any atom is 0.289 e. The quantitative estimate of drug-likeness (QED) is 0.846. The second-order valence-corrected chi connectivity index (χ2v) is 7.57. The van der Waals surface area contributed by atoms with Crippen molar-refractivity contribution in [1.29, 1.82) is 0 Å². The summed E-state index contributed by atoms with van der Waals surface area (Å²) in [5.41, 5.74) is 2.86. The SMILES string of the molecule is Cc1cc(Br)cc2[nH]c(C(=O)N3C[C@H]4CN(C)C[C@H]4C3)nc12. The van der Waals surface area contributed by atoms with Gasteiger partial charge in [0.1, 0.15) is 0 Å². The summed E-state index contributed by atoms with van der Waals surface area (Å²) < 4.78 is 0.999. The molecular weight excluding hydrogens is 344 g/mol. The number of benzene rings is 1. The fourth-order valence-corrected chi connectivity index (χ4v) is 4.46. The van der Waals surface area contributed by atoms with Gasteiger partial charge in [-0.05, 0) is 43.5 Å². The summed E-state index contributed by atoms with van der Waals surface area (Å²) in [7, 11) is 2.16. The van der Waals surface area contributed by atoms with E-state index in [1.165, 1.54) is 0 Å². The summed E-state index contributed by atoms with van der Waals surface area (Å²) >= 11 is 3.49. The second kappa shape index (κ2) is 5.06. The van der Waals surface area contributed by atoms with Crippen LogP contribution in [0.3, 0.4) is 0 Å². The first-order chi connectivity index (χ1) is 10.5. The molecular formula is C16H19BrN4O. The monoisotopic (exact) mass is 362 g/mol. The third-order valence-electron chi connectivity index (χ3n) is 4.90. The number of nitrogens with zero attached hydrogens (tertiary/aromatic N) is 3. The average molecular weight is 363 g/mol. The number of nitrogens with one attached hydrogen (secondary N) is 1. The van der Waals surface area contributed by atoms with Crippen LogP contribution in [-0.4, -0.2) is 58.9 Å². The van der Waals surface area contributed by atoms with Gasteiger partial charge in [0.15, 0.2) is 5.82 Å². The molecule has 116 valence electrons. The lowest BCUT2D eigenvalue weighted by Gasteiger charge is -2.18. The molecule has 2 aliphatic heterocycles. The number of amides is 1. The van der Waals surface area contributed by atoms with E-state index in [4.69, 9.17) is 0 Å². The van der Waals surface area contributed by atoms with Crippen molar-refractivity contribution in [1.82, 2.24) is 19.8 Å². The van der Waals surface area contributed by atoms with Gasteiger partial charge < -0.3 is 14.8 Å². The highest BCUT2D eigenvalue weighted by molar-refractivity contribution is 9.10. The van der Waals surface area contributed by atoms with Gasteiger partial charge in [0, 0.05) is 30.7 Å². The summed E-state index contributed by atoms with van der Waals surface area (Å²) in [6.45, 7) is 5.92. The van der Waals surface area contributed by atoms with Crippen LogP contribution in [0.4, 0.5) is 0 Å². The van der Waals surface area contributed by atoms with E-state index in [-0.39, 0.29) is 5.91 Å². The molecule has 3 heterocycles. The van der Waals surface area contributed by atoms with Crippen LogP contribution in [0, 0.1) is 18.8 Å². The number of rotatable bonds is 1. The first-order valence-electron chi connectivity index (χ1n) is 7.65. The summed E-state index contributed by atoms with van der Waals surface area (Å²) in [5.74, 6) is 1.73. The number of H-pyrrole nitrogens is 1. The van der Waals surface area contributed by atoms with E-state index in [0.717, 1.165) is 47.2 Å². The van der Waals surface area contributed by atoms with Crippen LogP contribution in [0.15, 0.2) is 16.6 Å².